The maximum atomic E-state index is 12.7. The van der Waals surface area contributed by atoms with E-state index in [1.54, 1.807) is 30.3 Å². The predicted molar refractivity (Wildman–Crippen MR) is 76.9 cm³/mol. The van der Waals surface area contributed by atoms with Crippen molar-refractivity contribution < 1.29 is 9.59 Å². The van der Waals surface area contributed by atoms with Gasteiger partial charge in [0.1, 0.15) is 0 Å². The number of benzene rings is 2. The number of hydrogen-bond donors (Lipinski definition) is 2. The average molecular weight is 266 g/mol. The minimum absolute atomic E-state index is 0.130. The number of fused-ring (bicyclic) bond motifs is 2. The Labute approximate surface area is 116 Å². The Morgan fingerprint density at radius 2 is 1.60 bits per heavy atom. The van der Waals surface area contributed by atoms with Crippen molar-refractivity contribution in [3.8, 4) is 0 Å². The van der Waals surface area contributed by atoms with Crippen molar-refractivity contribution in [2.75, 3.05) is 5.43 Å². The first-order chi connectivity index (χ1) is 9.69. The van der Waals surface area contributed by atoms with E-state index in [0.717, 1.165) is 12.0 Å². The van der Waals surface area contributed by atoms with Gasteiger partial charge < -0.3 is 5.43 Å². The molecule has 0 radical (unpaired) electrons. The Kier molecular flexibility index (Phi) is 2.88. The van der Waals surface area contributed by atoms with Crippen molar-refractivity contribution in [3.05, 3.63) is 64.2 Å². The number of carbonyl (C=O) groups excluding carboxylic acids is 2. The predicted octanol–water partition coefficient (Wildman–Crippen LogP) is 2.31. The number of nitrogen functional groups attached to an aromatic ring is 1. The molecule has 0 unspecified atom stereocenters. The zero-order chi connectivity index (χ0) is 14.3. The summed E-state index contributed by atoms with van der Waals surface area (Å²) in [6.07, 6.45) is 0.732. The molecule has 1 aliphatic rings. The summed E-state index contributed by atoms with van der Waals surface area (Å²) in [5.74, 6) is 5.28. The van der Waals surface area contributed by atoms with Crippen LogP contribution in [-0.2, 0) is 6.42 Å². The minimum atomic E-state index is -0.154. The fraction of sp³-hybridized carbons (Fsp3) is 0.125. The van der Waals surface area contributed by atoms with E-state index in [-0.39, 0.29) is 11.6 Å². The van der Waals surface area contributed by atoms with Gasteiger partial charge in [-0.3, -0.25) is 15.4 Å². The Hall–Kier alpha value is -2.46. The molecule has 0 amide bonds. The van der Waals surface area contributed by atoms with Crippen molar-refractivity contribution in [2.45, 2.75) is 13.3 Å². The molecule has 20 heavy (non-hydrogen) atoms. The summed E-state index contributed by atoms with van der Waals surface area (Å²) in [6.45, 7) is 1.98. The zero-order valence-electron chi connectivity index (χ0n) is 11.1. The van der Waals surface area contributed by atoms with Gasteiger partial charge in [-0.2, -0.15) is 0 Å². The number of rotatable bonds is 2. The van der Waals surface area contributed by atoms with E-state index in [1.807, 2.05) is 13.0 Å². The van der Waals surface area contributed by atoms with Crippen LogP contribution in [0.3, 0.4) is 0 Å². The van der Waals surface area contributed by atoms with Gasteiger partial charge in [-0.15, -0.1) is 0 Å². The maximum absolute atomic E-state index is 12.7. The standard InChI is InChI=1S/C16H14N2O2/c1-2-9-7-8-12-13(14(9)18-17)16(20)11-6-4-3-5-10(11)15(12)19/h3-8,18H,2,17H2,1H3. The fourth-order valence-electron chi connectivity index (χ4n) is 2.69. The number of nitrogens with two attached hydrogens (primary N) is 1. The maximum Gasteiger partial charge on any atom is 0.196 e. The third-order valence-corrected chi connectivity index (χ3v) is 3.70. The van der Waals surface area contributed by atoms with E-state index in [2.05, 4.69) is 5.43 Å². The van der Waals surface area contributed by atoms with Crippen LogP contribution in [0.2, 0.25) is 0 Å². The average Bonchev–Trinajstić information content (AvgIpc) is 2.51. The van der Waals surface area contributed by atoms with Crippen LogP contribution >= 0.6 is 0 Å². The van der Waals surface area contributed by atoms with Gasteiger partial charge in [0, 0.05) is 16.7 Å². The fourth-order valence-corrected chi connectivity index (χ4v) is 2.69. The highest BCUT2D eigenvalue weighted by molar-refractivity contribution is 6.30. The molecule has 3 rings (SSSR count). The molecule has 0 heterocycles. The molecule has 0 spiro atoms. The molecule has 2 aromatic carbocycles. The molecule has 100 valence electrons. The topological polar surface area (TPSA) is 72.2 Å². The number of hydrazine groups is 1. The largest absolute Gasteiger partial charge is 0.323 e. The van der Waals surface area contributed by atoms with Crippen LogP contribution in [0.15, 0.2) is 36.4 Å². The van der Waals surface area contributed by atoms with E-state index in [4.69, 9.17) is 5.84 Å². The normalized spacial score (nSPS) is 12.9. The molecule has 0 fully saturated rings. The van der Waals surface area contributed by atoms with Crippen LogP contribution in [0.5, 0.6) is 0 Å². The van der Waals surface area contributed by atoms with E-state index in [0.29, 0.717) is 27.9 Å². The second-order valence-corrected chi connectivity index (χ2v) is 4.72. The van der Waals surface area contributed by atoms with Gasteiger partial charge >= 0.3 is 0 Å². The molecule has 0 atom stereocenters. The highest BCUT2D eigenvalue weighted by Gasteiger charge is 2.32. The zero-order valence-corrected chi connectivity index (χ0v) is 11.1. The van der Waals surface area contributed by atoms with Crippen LogP contribution in [0.4, 0.5) is 5.69 Å². The van der Waals surface area contributed by atoms with Crippen LogP contribution in [0, 0.1) is 0 Å². The summed E-state index contributed by atoms with van der Waals surface area (Å²) in [6, 6.07) is 10.4. The Balaban J connectivity index is 2.33. The summed E-state index contributed by atoms with van der Waals surface area (Å²) >= 11 is 0. The smallest absolute Gasteiger partial charge is 0.196 e. The van der Waals surface area contributed by atoms with Crippen molar-refractivity contribution in [2.24, 2.45) is 5.84 Å². The first kappa shape index (κ1) is 12.6. The summed E-state index contributed by atoms with van der Waals surface area (Å²) in [4.78, 5) is 25.2. The summed E-state index contributed by atoms with van der Waals surface area (Å²) in [5.41, 5.74) is 5.76. The highest BCUT2D eigenvalue weighted by Crippen LogP contribution is 2.33. The van der Waals surface area contributed by atoms with Gasteiger partial charge in [0.05, 0.1) is 11.3 Å². The number of nitrogens with one attached hydrogen (secondary N) is 1. The molecule has 0 saturated heterocycles. The van der Waals surface area contributed by atoms with Gasteiger partial charge in [0.2, 0.25) is 0 Å². The number of carbonyl (C=O) groups is 2. The lowest BCUT2D eigenvalue weighted by atomic mass is 9.82. The second-order valence-electron chi connectivity index (χ2n) is 4.72. The molecule has 0 saturated carbocycles. The minimum Gasteiger partial charge on any atom is -0.323 e. The number of anilines is 1. The van der Waals surface area contributed by atoms with Gasteiger partial charge in [-0.25, -0.2) is 0 Å². The molecule has 1 aliphatic carbocycles. The number of hydrogen-bond acceptors (Lipinski definition) is 4. The highest BCUT2D eigenvalue weighted by atomic mass is 16.1. The third kappa shape index (κ3) is 1.58. The lowest BCUT2D eigenvalue weighted by Crippen LogP contribution is -2.24. The van der Waals surface area contributed by atoms with E-state index < -0.39 is 0 Å². The Morgan fingerprint density at radius 3 is 2.20 bits per heavy atom. The molecule has 0 bridgehead atoms. The van der Waals surface area contributed by atoms with Gasteiger partial charge in [-0.1, -0.05) is 37.3 Å². The van der Waals surface area contributed by atoms with Crippen molar-refractivity contribution >= 4 is 17.3 Å². The third-order valence-electron chi connectivity index (χ3n) is 3.70. The Morgan fingerprint density at radius 1 is 0.950 bits per heavy atom. The van der Waals surface area contributed by atoms with E-state index in [1.165, 1.54) is 0 Å². The van der Waals surface area contributed by atoms with Crippen molar-refractivity contribution in [1.82, 2.24) is 0 Å². The van der Waals surface area contributed by atoms with Crippen molar-refractivity contribution in [3.63, 3.8) is 0 Å². The van der Waals surface area contributed by atoms with Gasteiger partial charge in [0.25, 0.3) is 0 Å². The molecule has 2 aromatic rings. The van der Waals surface area contributed by atoms with Crippen LogP contribution in [0.1, 0.15) is 44.3 Å². The number of aryl methyl sites for hydroxylation is 1. The molecule has 4 nitrogen and oxygen atoms in total. The SMILES string of the molecule is CCc1ccc2c(c1NN)C(=O)c1ccccc1C2=O. The summed E-state index contributed by atoms with van der Waals surface area (Å²) in [5, 5.41) is 0. The second kappa shape index (κ2) is 4.58. The first-order valence-electron chi connectivity index (χ1n) is 6.50. The van der Waals surface area contributed by atoms with Gasteiger partial charge in [-0.05, 0) is 18.1 Å². The number of ketones is 2. The van der Waals surface area contributed by atoms with Gasteiger partial charge in [0.15, 0.2) is 11.6 Å². The lowest BCUT2D eigenvalue weighted by molar-refractivity contribution is 0.0979. The lowest BCUT2D eigenvalue weighted by Gasteiger charge is -2.21. The summed E-state index contributed by atoms with van der Waals surface area (Å²) < 4.78 is 0. The van der Waals surface area contributed by atoms with Crippen LogP contribution in [0.25, 0.3) is 0 Å². The van der Waals surface area contributed by atoms with Crippen LogP contribution in [-0.4, -0.2) is 11.6 Å². The van der Waals surface area contributed by atoms with E-state index >= 15 is 0 Å². The molecular formula is C16H14N2O2. The first-order valence-corrected chi connectivity index (χ1v) is 6.50. The quantitative estimate of drug-likeness (QED) is 0.551. The molecule has 0 aromatic heterocycles. The van der Waals surface area contributed by atoms with E-state index in [9.17, 15) is 9.59 Å². The molecular weight excluding hydrogens is 252 g/mol. The monoisotopic (exact) mass is 266 g/mol. The summed E-state index contributed by atoms with van der Waals surface area (Å²) in [7, 11) is 0. The van der Waals surface area contributed by atoms with Crippen LogP contribution < -0.4 is 11.3 Å². The molecule has 3 N–H and O–H groups in total. The molecule has 0 aliphatic heterocycles. The van der Waals surface area contributed by atoms with Crippen molar-refractivity contribution in [1.29, 1.82) is 0 Å². The molecule has 4 heteroatoms. The Bertz CT molecular complexity index is 735.